The van der Waals surface area contributed by atoms with E-state index in [1.54, 1.807) is 6.92 Å². The van der Waals surface area contributed by atoms with Crippen LogP contribution in [0.15, 0.2) is 58.3 Å². The van der Waals surface area contributed by atoms with Gasteiger partial charge in [0, 0.05) is 12.3 Å². The van der Waals surface area contributed by atoms with Crippen molar-refractivity contribution in [3.63, 3.8) is 0 Å². The molecule has 0 radical (unpaired) electrons. The summed E-state index contributed by atoms with van der Waals surface area (Å²) in [4.78, 5) is 35.8. The van der Waals surface area contributed by atoms with Crippen molar-refractivity contribution in [2.75, 3.05) is 19.4 Å². The number of H-pyrrole nitrogens is 1. The van der Waals surface area contributed by atoms with Crippen LogP contribution >= 0.6 is 7.60 Å². The van der Waals surface area contributed by atoms with E-state index in [0.717, 1.165) is 45.7 Å². The topological polar surface area (TPSA) is 140 Å². The first-order valence-corrected chi connectivity index (χ1v) is 14.0. The number of aromatic amines is 1. The predicted octanol–water partition coefficient (Wildman–Crippen LogP) is 3.04. The summed E-state index contributed by atoms with van der Waals surface area (Å²) in [7, 11) is -4.15. The van der Waals surface area contributed by atoms with Crippen LogP contribution in [0, 0.1) is 12.8 Å². The number of alkyl halides is 1. The van der Waals surface area contributed by atoms with Crippen molar-refractivity contribution >= 4 is 18.4 Å². The second-order valence-corrected chi connectivity index (χ2v) is 11.9. The van der Waals surface area contributed by atoms with Gasteiger partial charge in [0.05, 0.1) is 26.0 Å². The van der Waals surface area contributed by atoms with Crippen molar-refractivity contribution in [2.24, 2.45) is 5.92 Å². The molecule has 6 atom stereocenters. The van der Waals surface area contributed by atoms with Gasteiger partial charge in [0.15, 0.2) is 11.9 Å². The normalized spacial score (nSPS) is 25.9. The number of aromatic nitrogens is 2. The summed E-state index contributed by atoms with van der Waals surface area (Å²) in [5.41, 5.74) is -1.88. The number of rotatable bonds is 10. The Bertz CT molecular complexity index is 1450. The molecule has 1 aliphatic rings. The van der Waals surface area contributed by atoms with E-state index in [2.05, 4.69) is 0 Å². The number of hydrogen-bond acceptors (Lipinski definition) is 7. The molecule has 0 spiro atoms. The molecule has 2 heterocycles. The molecule has 206 valence electrons. The number of nitrogens with zero attached hydrogens (tertiary/aromatic N) is 1. The van der Waals surface area contributed by atoms with Gasteiger partial charge in [0.25, 0.3) is 5.56 Å². The fourth-order valence-electron chi connectivity index (χ4n) is 4.65. The van der Waals surface area contributed by atoms with E-state index in [1.807, 2.05) is 48.3 Å². The Morgan fingerprint density at radius 1 is 1.24 bits per heavy atom. The van der Waals surface area contributed by atoms with Gasteiger partial charge in [-0.2, -0.15) is 0 Å². The van der Waals surface area contributed by atoms with E-state index in [0.29, 0.717) is 6.61 Å². The van der Waals surface area contributed by atoms with E-state index < -0.39 is 49.6 Å². The molecule has 3 N–H and O–H groups in total. The van der Waals surface area contributed by atoms with Crippen molar-refractivity contribution < 1.29 is 33.0 Å². The van der Waals surface area contributed by atoms with Gasteiger partial charge in [0.2, 0.25) is 0 Å². The number of halogens is 1. The molecule has 0 aliphatic carbocycles. The number of ether oxygens (including phenoxy) is 2. The van der Waals surface area contributed by atoms with Crippen LogP contribution in [0.2, 0.25) is 0 Å². The van der Waals surface area contributed by atoms with Crippen molar-refractivity contribution in [2.45, 2.75) is 51.5 Å². The maximum Gasteiger partial charge on any atom is 0.330 e. The van der Waals surface area contributed by atoms with Crippen LogP contribution in [-0.4, -0.2) is 56.8 Å². The monoisotopic (exact) mass is 550 g/mol. The zero-order valence-electron chi connectivity index (χ0n) is 21.4. The van der Waals surface area contributed by atoms with Crippen LogP contribution in [0.4, 0.5) is 4.39 Å². The maximum atomic E-state index is 15.3. The maximum absolute atomic E-state index is 15.3. The Morgan fingerprint density at radius 3 is 2.71 bits per heavy atom. The molecule has 0 amide bonds. The third-order valence-corrected chi connectivity index (χ3v) is 8.36. The molecule has 2 aromatic carbocycles. The minimum absolute atomic E-state index is 0.207. The van der Waals surface area contributed by atoms with Gasteiger partial charge in [-0.1, -0.05) is 43.3 Å². The first kappa shape index (κ1) is 28.4. The number of hydrogen-bond donors (Lipinski definition) is 3. The molecule has 1 saturated heterocycles. The Kier molecular flexibility index (Phi) is 8.37. The summed E-state index contributed by atoms with van der Waals surface area (Å²) in [6.07, 6.45) is -3.82. The van der Waals surface area contributed by atoms with E-state index >= 15 is 4.39 Å². The Morgan fingerprint density at radius 2 is 1.97 bits per heavy atom. The molecule has 1 aliphatic heterocycles. The number of aliphatic hydroxyl groups is 1. The minimum Gasteiger partial charge on any atom is -0.387 e. The summed E-state index contributed by atoms with van der Waals surface area (Å²) >= 11 is 0. The molecule has 0 saturated carbocycles. The molecule has 38 heavy (non-hydrogen) atoms. The molecule has 3 aromatic rings. The molecular weight excluding hydrogens is 518 g/mol. The number of fused-ring (bicyclic) bond motifs is 1. The summed E-state index contributed by atoms with van der Waals surface area (Å²) in [6, 6.07) is 13.1. The van der Waals surface area contributed by atoms with E-state index in [-0.39, 0.29) is 18.7 Å². The van der Waals surface area contributed by atoms with E-state index in [1.165, 1.54) is 0 Å². The van der Waals surface area contributed by atoms with Gasteiger partial charge in [-0.15, -0.1) is 0 Å². The summed E-state index contributed by atoms with van der Waals surface area (Å²) in [5, 5.41) is 12.6. The van der Waals surface area contributed by atoms with Crippen molar-refractivity contribution in [3.05, 3.63) is 80.6 Å². The molecule has 10 nitrogen and oxygen atoms in total. The van der Waals surface area contributed by atoms with Crippen LogP contribution in [0.3, 0.4) is 0 Å². The minimum atomic E-state index is -4.15. The Balaban J connectivity index is 1.32. The third kappa shape index (κ3) is 6.14. The lowest BCUT2D eigenvalue weighted by Gasteiger charge is -2.24. The van der Waals surface area contributed by atoms with Gasteiger partial charge >= 0.3 is 13.3 Å². The Labute approximate surface area is 218 Å². The molecule has 1 aromatic heterocycles. The molecule has 12 heteroatoms. The number of nitrogens with one attached hydrogen (secondary N) is 1. The molecule has 4 rings (SSSR count). The molecule has 0 bridgehead atoms. The lowest BCUT2D eigenvalue weighted by molar-refractivity contribution is -0.0593. The zero-order chi connectivity index (χ0) is 27.7. The average Bonchev–Trinajstić information content (AvgIpc) is 3.07. The van der Waals surface area contributed by atoms with E-state index in [4.69, 9.17) is 14.0 Å². The predicted molar refractivity (Wildman–Crippen MR) is 139 cm³/mol. The number of aliphatic hydroxyl groups excluding tert-OH is 1. The van der Waals surface area contributed by atoms with Crippen LogP contribution in [0.1, 0.15) is 31.2 Å². The second kappa shape index (κ2) is 11.2. The highest BCUT2D eigenvalue weighted by Gasteiger charge is 2.55. The highest BCUT2D eigenvalue weighted by atomic mass is 31.2. The van der Waals surface area contributed by atoms with Crippen LogP contribution < -0.4 is 11.2 Å². The summed E-state index contributed by atoms with van der Waals surface area (Å²) in [6.45, 7) is 4.77. The lowest BCUT2D eigenvalue weighted by Crippen LogP contribution is -2.43. The second-order valence-electron chi connectivity index (χ2n) is 9.96. The van der Waals surface area contributed by atoms with Crippen molar-refractivity contribution in [1.29, 1.82) is 0 Å². The standard InChI is InChI=1S/C26H32FN2O8P/c1-16(12-35-13-20-17(2)8-9-18-6-4-5-7-19(18)20)15-38(33,34)36-14-21-23(31)26(3,27)24(37-21)29-11-10-22(30)28-25(29)32/h4-11,16,21,23-24,31H,12-15H2,1-3H3,(H,33,34)(H,28,30,32)/t16?,21-,23-,24-,26-/m1/s1. The summed E-state index contributed by atoms with van der Waals surface area (Å²) in [5.74, 6) is -0.338. The van der Waals surface area contributed by atoms with Gasteiger partial charge in [-0.3, -0.25) is 18.9 Å². The first-order chi connectivity index (χ1) is 17.9. The average molecular weight is 551 g/mol. The fourth-order valence-corrected chi connectivity index (χ4v) is 6.03. The molecule has 1 fully saturated rings. The number of aryl methyl sites for hydroxylation is 1. The molecule has 2 unspecified atom stereocenters. The van der Waals surface area contributed by atoms with Crippen LogP contribution in [0.5, 0.6) is 0 Å². The quantitative estimate of drug-likeness (QED) is 0.327. The van der Waals surface area contributed by atoms with Crippen molar-refractivity contribution in [3.8, 4) is 0 Å². The smallest absolute Gasteiger partial charge is 0.330 e. The van der Waals surface area contributed by atoms with Gasteiger partial charge in [-0.25, -0.2) is 9.18 Å². The summed E-state index contributed by atoms with van der Waals surface area (Å²) < 4.78 is 45.3. The van der Waals surface area contributed by atoms with Crippen molar-refractivity contribution in [1.82, 2.24) is 9.55 Å². The molecular formula is C26H32FN2O8P. The van der Waals surface area contributed by atoms with Crippen LogP contribution in [0.25, 0.3) is 10.8 Å². The van der Waals surface area contributed by atoms with Crippen LogP contribution in [-0.2, 0) is 25.2 Å². The number of benzene rings is 2. The Hall–Kier alpha value is -2.66. The third-order valence-electron chi connectivity index (χ3n) is 6.73. The highest BCUT2D eigenvalue weighted by molar-refractivity contribution is 7.52. The van der Waals surface area contributed by atoms with E-state index in [9.17, 15) is 24.2 Å². The first-order valence-electron chi connectivity index (χ1n) is 12.2. The SMILES string of the molecule is Cc1ccc2ccccc2c1COCC(C)CP(=O)(O)OC[C@H]1O[C@@H](n2ccc(=O)[nH]c2=O)[C@](C)(F)[C@@H]1O. The zero-order valence-corrected chi connectivity index (χ0v) is 22.3. The largest absolute Gasteiger partial charge is 0.387 e. The van der Waals surface area contributed by atoms with Gasteiger partial charge in [0.1, 0.15) is 12.2 Å². The highest BCUT2D eigenvalue weighted by Crippen LogP contribution is 2.46. The van der Waals surface area contributed by atoms with Gasteiger partial charge in [-0.05, 0) is 41.7 Å². The lowest BCUT2D eigenvalue weighted by atomic mass is 9.98. The van der Waals surface area contributed by atoms with Gasteiger partial charge < -0.3 is 24.0 Å². The fraction of sp³-hybridized carbons (Fsp3) is 0.462.